The van der Waals surface area contributed by atoms with E-state index < -0.39 is 11.6 Å². The lowest BCUT2D eigenvalue weighted by Crippen LogP contribution is -2.30. The molecule has 0 aliphatic rings. The van der Waals surface area contributed by atoms with Gasteiger partial charge in [0.2, 0.25) is 0 Å². The van der Waals surface area contributed by atoms with E-state index in [9.17, 15) is 13.6 Å². The van der Waals surface area contributed by atoms with E-state index in [4.69, 9.17) is 16.4 Å². The number of aryl methyl sites for hydroxylation is 1. The summed E-state index contributed by atoms with van der Waals surface area (Å²) in [4.78, 5) is 18.2. The summed E-state index contributed by atoms with van der Waals surface area (Å²) in [6.45, 7) is 10.00. The Bertz CT molecular complexity index is 1160. The number of benzene rings is 2. The number of hydrogen-bond donors (Lipinski definition) is 1. The van der Waals surface area contributed by atoms with E-state index in [1.54, 1.807) is 6.92 Å². The van der Waals surface area contributed by atoms with Crippen molar-refractivity contribution in [1.29, 1.82) is 0 Å². The first kappa shape index (κ1) is 29.2. The molecule has 36 heavy (non-hydrogen) atoms. The zero-order valence-electron chi connectivity index (χ0n) is 21.7. The van der Waals surface area contributed by atoms with Crippen molar-refractivity contribution in [3.8, 4) is 0 Å². The van der Waals surface area contributed by atoms with Crippen molar-refractivity contribution in [2.75, 3.05) is 6.54 Å². The average molecular weight is 517 g/mol. The second-order valence-corrected chi connectivity index (χ2v) is 9.17. The van der Waals surface area contributed by atoms with Crippen LogP contribution in [0.5, 0.6) is 0 Å². The van der Waals surface area contributed by atoms with Crippen LogP contribution in [-0.4, -0.2) is 18.2 Å². The Labute approximate surface area is 218 Å². The van der Waals surface area contributed by atoms with Crippen molar-refractivity contribution in [2.24, 2.45) is 5.16 Å². The Morgan fingerprint density at radius 1 is 1.11 bits per heavy atom. The Morgan fingerprint density at radius 2 is 1.86 bits per heavy atom. The molecule has 0 spiro atoms. The number of oxime groups is 1. The fourth-order valence-electron chi connectivity index (χ4n) is 3.50. The molecule has 194 valence electrons. The van der Waals surface area contributed by atoms with Gasteiger partial charge in [-0.2, -0.15) is 0 Å². The van der Waals surface area contributed by atoms with Crippen LogP contribution in [0.2, 0.25) is 5.02 Å². The summed E-state index contributed by atoms with van der Waals surface area (Å²) in [5, 5.41) is 7.58. The molecule has 0 saturated heterocycles. The smallest absolute Gasteiger partial charge is 0.268 e. The van der Waals surface area contributed by atoms with Crippen LogP contribution in [0.3, 0.4) is 0 Å². The number of nitrogens with one attached hydrogen (secondary N) is 1. The van der Waals surface area contributed by atoms with Gasteiger partial charge >= 0.3 is 0 Å². The van der Waals surface area contributed by atoms with Crippen molar-refractivity contribution >= 4 is 28.8 Å². The van der Waals surface area contributed by atoms with Crippen molar-refractivity contribution in [1.82, 2.24) is 5.32 Å². The molecule has 4 nitrogen and oxygen atoms in total. The van der Waals surface area contributed by atoms with Crippen LogP contribution in [0, 0.1) is 18.6 Å². The molecule has 7 heteroatoms. The van der Waals surface area contributed by atoms with Crippen LogP contribution in [0.4, 0.5) is 8.78 Å². The standard InChI is InChI=1S/C29H35ClF2N2O2/c1-6-8-9-23(25-18-24(30)12-10-20(25)4)14-15-33-29(35)21(5)34-36-28(19(3)7-2)17-22-11-13-26(31)27(32)16-22/h9-13,16,18H,6-8,14-15,17H2,1-5H3,(H,33,35). The number of halogens is 3. The number of amides is 1. The van der Waals surface area contributed by atoms with Crippen molar-refractivity contribution < 1.29 is 18.4 Å². The number of nitrogens with zero attached hydrogens (tertiary/aromatic N) is 1. The van der Waals surface area contributed by atoms with E-state index in [2.05, 4.69) is 23.5 Å². The number of rotatable bonds is 12. The average Bonchev–Trinajstić information content (AvgIpc) is 2.86. The minimum absolute atomic E-state index is 0.166. The number of carbonyl (C=O) groups excluding carboxylic acids is 1. The second kappa shape index (κ2) is 14.5. The van der Waals surface area contributed by atoms with Crippen LogP contribution >= 0.6 is 11.6 Å². The van der Waals surface area contributed by atoms with Gasteiger partial charge < -0.3 is 10.2 Å². The normalized spacial score (nSPS) is 12.9. The first-order chi connectivity index (χ1) is 17.2. The Morgan fingerprint density at radius 3 is 2.53 bits per heavy atom. The maximum absolute atomic E-state index is 13.6. The zero-order chi connectivity index (χ0) is 26.7. The van der Waals surface area contributed by atoms with Crippen LogP contribution in [-0.2, 0) is 16.1 Å². The molecule has 2 aromatic carbocycles. The molecule has 0 atom stereocenters. The van der Waals surface area contributed by atoms with Gasteiger partial charge in [-0.1, -0.05) is 55.2 Å². The topological polar surface area (TPSA) is 50.7 Å². The van der Waals surface area contributed by atoms with E-state index in [0.717, 1.165) is 47.2 Å². The maximum Gasteiger partial charge on any atom is 0.268 e. The first-order valence-corrected chi connectivity index (χ1v) is 12.6. The highest BCUT2D eigenvalue weighted by Gasteiger charge is 2.12. The van der Waals surface area contributed by atoms with E-state index >= 15 is 0 Å². The molecule has 0 aromatic heterocycles. The first-order valence-electron chi connectivity index (χ1n) is 12.2. The number of unbranched alkanes of at least 4 members (excludes halogenated alkanes) is 1. The highest BCUT2D eigenvalue weighted by molar-refractivity contribution is 6.37. The zero-order valence-corrected chi connectivity index (χ0v) is 22.4. The van der Waals surface area contributed by atoms with E-state index in [-0.39, 0.29) is 18.0 Å². The monoisotopic (exact) mass is 516 g/mol. The fraction of sp³-hybridized carbons (Fsp3) is 0.379. The lowest BCUT2D eigenvalue weighted by atomic mass is 9.96. The van der Waals surface area contributed by atoms with E-state index in [1.165, 1.54) is 6.07 Å². The van der Waals surface area contributed by atoms with Gasteiger partial charge in [0.25, 0.3) is 5.91 Å². The molecular weight excluding hydrogens is 482 g/mol. The van der Waals surface area contributed by atoms with E-state index in [0.29, 0.717) is 35.7 Å². The Kier molecular flexibility index (Phi) is 11.8. The third-order valence-electron chi connectivity index (χ3n) is 5.88. The Hall–Kier alpha value is -2.99. The third-order valence-corrected chi connectivity index (χ3v) is 6.12. The van der Waals surface area contributed by atoms with Crippen molar-refractivity contribution in [3.05, 3.63) is 87.2 Å². The van der Waals surface area contributed by atoms with Crippen molar-refractivity contribution in [2.45, 2.75) is 66.7 Å². The predicted molar refractivity (Wildman–Crippen MR) is 144 cm³/mol. The highest BCUT2D eigenvalue weighted by Crippen LogP contribution is 2.26. The molecule has 1 amide bonds. The molecular formula is C29H35ClF2N2O2. The fourth-order valence-corrected chi connectivity index (χ4v) is 3.67. The molecule has 0 aliphatic heterocycles. The van der Waals surface area contributed by atoms with Gasteiger partial charge in [-0.05, 0) is 92.1 Å². The largest absolute Gasteiger partial charge is 0.361 e. The van der Waals surface area contributed by atoms with Gasteiger partial charge in [-0.3, -0.25) is 4.79 Å². The van der Waals surface area contributed by atoms with Gasteiger partial charge in [-0.15, -0.1) is 0 Å². The SMILES string of the molecule is CCCC=C(CCNC(=O)C(C)=NOC(Cc1ccc(F)c(F)c1)=C(C)CC)c1cc(Cl)ccc1C. The molecule has 0 heterocycles. The van der Waals surface area contributed by atoms with Gasteiger partial charge in [0.15, 0.2) is 11.6 Å². The summed E-state index contributed by atoms with van der Waals surface area (Å²) >= 11 is 6.21. The maximum atomic E-state index is 13.6. The minimum atomic E-state index is -0.916. The van der Waals surface area contributed by atoms with Crippen LogP contribution in [0.15, 0.2) is 59.0 Å². The molecule has 0 aliphatic carbocycles. The van der Waals surface area contributed by atoms with Gasteiger partial charge in [0.1, 0.15) is 11.5 Å². The Balaban J connectivity index is 2.04. The van der Waals surface area contributed by atoms with Gasteiger partial charge in [-0.25, -0.2) is 8.78 Å². The van der Waals surface area contributed by atoms with Crippen molar-refractivity contribution in [3.63, 3.8) is 0 Å². The number of allylic oxidation sites excluding steroid dienone is 3. The molecule has 1 N–H and O–H groups in total. The quantitative estimate of drug-likeness (QED) is 0.177. The molecule has 0 saturated carbocycles. The summed E-state index contributed by atoms with van der Waals surface area (Å²) in [6, 6.07) is 9.54. The van der Waals surface area contributed by atoms with Crippen LogP contribution in [0.1, 0.15) is 70.1 Å². The summed E-state index contributed by atoms with van der Waals surface area (Å²) in [5.41, 5.74) is 4.97. The van der Waals surface area contributed by atoms with Crippen LogP contribution < -0.4 is 5.32 Å². The van der Waals surface area contributed by atoms with E-state index in [1.807, 2.05) is 39.0 Å². The number of hydrogen-bond acceptors (Lipinski definition) is 3. The molecule has 0 radical (unpaired) electrons. The van der Waals surface area contributed by atoms with Crippen LogP contribution in [0.25, 0.3) is 5.57 Å². The molecule has 2 rings (SSSR count). The number of carbonyl (C=O) groups is 1. The molecule has 2 aromatic rings. The summed E-state index contributed by atoms with van der Waals surface area (Å²) in [7, 11) is 0. The highest BCUT2D eigenvalue weighted by atomic mass is 35.5. The summed E-state index contributed by atoms with van der Waals surface area (Å²) < 4.78 is 26.9. The third kappa shape index (κ3) is 8.90. The predicted octanol–water partition coefficient (Wildman–Crippen LogP) is 7.94. The summed E-state index contributed by atoms with van der Waals surface area (Å²) in [5.74, 6) is -1.66. The van der Waals surface area contributed by atoms with Gasteiger partial charge in [0.05, 0.1) is 0 Å². The summed E-state index contributed by atoms with van der Waals surface area (Å²) in [6.07, 6.45) is 5.73. The molecule has 0 unspecified atom stereocenters. The van der Waals surface area contributed by atoms with Gasteiger partial charge in [0, 0.05) is 18.0 Å². The lowest BCUT2D eigenvalue weighted by Gasteiger charge is -2.13. The lowest BCUT2D eigenvalue weighted by molar-refractivity contribution is -0.114. The second-order valence-electron chi connectivity index (χ2n) is 8.73. The molecule has 0 fully saturated rings. The minimum Gasteiger partial charge on any atom is -0.361 e. The molecule has 0 bridgehead atoms.